The molecule has 1 aromatic rings. The van der Waals surface area contributed by atoms with Gasteiger partial charge in [0.05, 0.1) is 12.2 Å². The molecule has 1 N–H and O–H groups in total. The highest BCUT2D eigenvalue weighted by Crippen LogP contribution is 2.20. The van der Waals surface area contributed by atoms with E-state index in [-0.39, 0.29) is 24.3 Å². The highest BCUT2D eigenvalue weighted by molar-refractivity contribution is 7.88. The Kier molecular flexibility index (Phi) is 6.16. The number of piperidine rings is 1. The SMILES string of the molecule is CS(=O)(=O)N1CCCC(C(=O)NCc2ccccc2CN2CCCC2=O)C1. The van der Waals surface area contributed by atoms with Crippen LogP contribution in [0.4, 0.5) is 0 Å². The van der Waals surface area contributed by atoms with E-state index in [9.17, 15) is 18.0 Å². The molecule has 2 heterocycles. The average molecular weight is 394 g/mol. The van der Waals surface area contributed by atoms with Crippen molar-refractivity contribution in [2.45, 2.75) is 38.8 Å². The molecule has 0 spiro atoms. The Morgan fingerprint density at radius 2 is 1.93 bits per heavy atom. The third-order valence-corrected chi connectivity index (χ3v) is 6.60. The summed E-state index contributed by atoms with van der Waals surface area (Å²) in [5.74, 6) is -0.256. The van der Waals surface area contributed by atoms with E-state index in [2.05, 4.69) is 5.32 Å². The fraction of sp³-hybridized carbons (Fsp3) is 0.579. The van der Waals surface area contributed by atoms with Crippen LogP contribution in [0.2, 0.25) is 0 Å². The summed E-state index contributed by atoms with van der Waals surface area (Å²) in [4.78, 5) is 26.3. The van der Waals surface area contributed by atoms with E-state index in [1.807, 2.05) is 29.2 Å². The molecule has 2 saturated heterocycles. The predicted octanol–water partition coefficient (Wildman–Crippen LogP) is 1.10. The fourth-order valence-corrected chi connectivity index (χ4v) is 4.66. The van der Waals surface area contributed by atoms with E-state index in [1.165, 1.54) is 10.6 Å². The quantitative estimate of drug-likeness (QED) is 0.784. The molecule has 7 nitrogen and oxygen atoms in total. The summed E-state index contributed by atoms with van der Waals surface area (Å²) in [6, 6.07) is 7.80. The molecule has 1 unspecified atom stereocenters. The van der Waals surface area contributed by atoms with Gasteiger partial charge in [0, 0.05) is 39.1 Å². The molecule has 8 heteroatoms. The minimum Gasteiger partial charge on any atom is -0.352 e. The van der Waals surface area contributed by atoms with Crippen LogP contribution >= 0.6 is 0 Å². The summed E-state index contributed by atoms with van der Waals surface area (Å²) in [6.07, 6.45) is 4.08. The van der Waals surface area contributed by atoms with Crippen molar-refractivity contribution in [3.8, 4) is 0 Å². The molecule has 1 aromatic carbocycles. The number of carbonyl (C=O) groups is 2. The van der Waals surface area contributed by atoms with Gasteiger partial charge >= 0.3 is 0 Å². The number of hydrogen-bond acceptors (Lipinski definition) is 4. The molecular formula is C19H27N3O4S. The number of hydrogen-bond donors (Lipinski definition) is 1. The second-order valence-corrected chi connectivity index (χ2v) is 9.35. The van der Waals surface area contributed by atoms with Crippen LogP contribution in [0.1, 0.15) is 36.8 Å². The van der Waals surface area contributed by atoms with Gasteiger partial charge < -0.3 is 10.2 Å². The molecule has 2 aliphatic rings. The molecule has 0 aromatic heterocycles. The largest absolute Gasteiger partial charge is 0.352 e. The zero-order valence-electron chi connectivity index (χ0n) is 15.7. The van der Waals surface area contributed by atoms with Crippen molar-refractivity contribution in [2.24, 2.45) is 5.92 Å². The first kappa shape index (κ1) is 19.8. The van der Waals surface area contributed by atoms with Crippen molar-refractivity contribution in [2.75, 3.05) is 25.9 Å². The molecule has 27 heavy (non-hydrogen) atoms. The van der Waals surface area contributed by atoms with E-state index in [4.69, 9.17) is 0 Å². The maximum absolute atomic E-state index is 12.6. The van der Waals surface area contributed by atoms with Gasteiger partial charge in [-0.3, -0.25) is 9.59 Å². The lowest BCUT2D eigenvalue weighted by Gasteiger charge is -2.30. The lowest BCUT2D eigenvalue weighted by atomic mass is 9.98. The maximum atomic E-state index is 12.6. The van der Waals surface area contributed by atoms with Gasteiger partial charge in [-0.1, -0.05) is 24.3 Å². The zero-order valence-corrected chi connectivity index (χ0v) is 16.5. The molecule has 2 aliphatic heterocycles. The number of nitrogens with one attached hydrogen (secondary N) is 1. The molecule has 3 rings (SSSR count). The summed E-state index contributed by atoms with van der Waals surface area (Å²) < 4.78 is 24.8. The van der Waals surface area contributed by atoms with Gasteiger partial charge in [-0.05, 0) is 30.4 Å². The number of likely N-dealkylation sites (tertiary alicyclic amines) is 1. The highest BCUT2D eigenvalue weighted by Gasteiger charge is 2.30. The van der Waals surface area contributed by atoms with Crippen LogP contribution in [0.3, 0.4) is 0 Å². The van der Waals surface area contributed by atoms with E-state index in [1.54, 1.807) is 0 Å². The number of rotatable bonds is 6. The third kappa shape index (κ3) is 5.07. The minimum atomic E-state index is -3.27. The van der Waals surface area contributed by atoms with Crippen molar-refractivity contribution in [1.82, 2.24) is 14.5 Å². The molecule has 0 saturated carbocycles. The van der Waals surface area contributed by atoms with E-state index < -0.39 is 10.0 Å². The maximum Gasteiger partial charge on any atom is 0.224 e. The Balaban J connectivity index is 1.59. The summed E-state index contributed by atoms with van der Waals surface area (Å²) in [5.41, 5.74) is 2.02. The molecule has 0 aliphatic carbocycles. The van der Waals surface area contributed by atoms with Gasteiger partial charge in [0.1, 0.15) is 0 Å². The third-order valence-electron chi connectivity index (χ3n) is 5.33. The Morgan fingerprint density at radius 3 is 2.59 bits per heavy atom. The molecular weight excluding hydrogens is 366 g/mol. The second kappa shape index (κ2) is 8.39. The fourth-order valence-electron chi connectivity index (χ4n) is 3.75. The van der Waals surface area contributed by atoms with Crippen molar-refractivity contribution >= 4 is 21.8 Å². The van der Waals surface area contributed by atoms with Crippen molar-refractivity contribution in [3.63, 3.8) is 0 Å². The van der Waals surface area contributed by atoms with Crippen LogP contribution in [0.5, 0.6) is 0 Å². The molecule has 0 radical (unpaired) electrons. The van der Waals surface area contributed by atoms with E-state index in [0.717, 1.165) is 24.1 Å². The van der Waals surface area contributed by atoms with Gasteiger partial charge in [0.2, 0.25) is 21.8 Å². The molecule has 2 fully saturated rings. The lowest BCUT2D eigenvalue weighted by Crippen LogP contribution is -2.44. The van der Waals surface area contributed by atoms with Crippen LogP contribution in [-0.4, -0.2) is 55.3 Å². The van der Waals surface area contributed by atoms with Gasteiger partial charge in [-0.2, -0.15) is 0 Å². The minimum absolute atomic E-state index is 0.115. The Hall–Kier alpha value is -1.93. The van der Waals surface area contributed by atoms with Gasteiger partial charge in [-0.15, -0.1) is 0 Å². The summed E-state index contributed by atoms with van der Waals surface area (Å²) >= 11 is 0. The number of carbonyl (C=O) groups excluding carboxylic acids is 2. The normalized spacial score (nSPS) is 21.4. The van der Waals surface area contributed by atoms with Crippen LogP contribution in [0.15, 0.2) is 24.3 Å². The monoisotopic (exact) mass is 393 g/mol. The van der Waals surface area contributed by atoms with Crippen molar-refractivity contribution < 1.29 is 18.0 Å². The molecule has 148 valence electrons. The van der Waals surface area contributed by atoms with E-state index in [0.29, 0.717) is 38.9 Å². The smallest absolute Gasteiger partial charge is 0.224 e. The Morgan fingerprint density at radius 1 is 1.19 bits per heavy atom. The van der Waals surface area contributed by atoms with E-state index >= 15 is 0 Å². The second-order valence-electron chi connectivity index (χ2n) is 7.37. The molecule has 0 bridgehead atoms. The topological polar surface area (TPSA) is 86.8 Å². The summed E-state index contributed by atoms with van der Waals surface area (Å²) in [6.45, 7) is 2.45. The summed E-state index contributed by atoms with van der Waals surface area (Å²) in [5, 5.41) is 2.95. The highest BCUT2D eigenvalue weighted by atomic mass is 32.2. The first-order valence-corrected chi connectivity index (χ1v) is 11.3. The first-order chi connectivity index (χ1) is 12.8. The predicted molar refractivity (Wildman–Crippen MR) is 102 cm³/mol. The number of nitrogens with zero attached hydrogens (tertiary/aromatic N) is 2. The molecule has 1 atom stereocenters. The van der Waals surface area contributed by atoms with Crippen LogP contribution in [-0.2, 0) is 32.7 Å². The molecule has 2 amide bonds. The van der Waals surface area contributed by atoms with Gasteiger partial charge in [-0.25, -0.2) is 12.7 Å². The lowest BCUT2D eigenvalue weighted by molar-refractivity contribution is -0.128. The number of benzene rings is 1. The number of amides is 2. The Bertz CT molecular complexity index is 809. The zero-order chi connectivity index (χ0) is 19.4. The van der Waals surface area contributed by atoms with Crippen LogP contribution < -0.4 is 5.32 Å². The summed E-state index contributed by atoms with van der Waals surface area (Å²) in [7, 11) is -3.27. The van der Waals surface area contributed by atoms with Crippen LogP contribution in [0.25, 0.3) is 0 Å². The average Bonchev–Trinajstić information content (AvgIpc) is 3.05. The van der Waals surface area contributed by atoms with Crippen LogP contribution in [0, 0.1) is 5.92 Å². The Labute approximate surface area is 160 Å². The number of sulfonamides is 1. The van der Waals surface area contributed by atoms with Crippen molar-refractivity contribution in [1.29, 1.82) is 0 Å². The first-order valence-electron chi connectivity index (χ1n) is 9.42. The standard InChI is InChI=1S/C19H27N3O4S/c1-27(25,26)22-11-4-8-17(14-22)19(24)20-12-15-6-2-3-7-16(15)13-21-10-5-9-18(21)23/h2-3,6-7,17H,4-5,8-14H2,1H3,(H,20,24). The van der Waals surface area contributed by atoms with Crippen molar-refractivity contribution in [3.05, 3.63) is 35.4 Å². The van der Waals surface area contributed by atoms with Gasteiger partial charge in [0.15, 0.2) is 0 Å². The van der Waals surface area contributed by atoms with Gasteiger partial charge in [0.25, 0.3) is 0 Å².